The number of hydrogen-bond acceptors (Lipinski definition) is 2. The zero-order chi connectivity index (χ0) is 9.84. The molecule has 0 bridgehead atoms. The molecule has 2 N–H and O–H groups in total. The molecule has 1 heterocycles. The second kappa shape index (κ2) is 4.58. The van der Waals surface area contributed by atoms with E-state index in [2.05, 4.69) is 38.0 Å². The van der Waals surface area contributed by atoms with Crippen molar-refractivity contribution in [2.75, 3.05) is 6.54 Å². The third kappa shape index (κ3) is 2.97. The van der Waals surface area contributed by atoms with Gasteiger partial charge in [-0.25, -0.2) is 0 Å². The largest absolute Gasteiger partial charge is 0.308 e. The maximum atomic E-state index is 4.11. The van der Waals surface area contributed by atoms with E-state index in [-0.39, 0.29) is 0 Å². The van der Waals surface area contributed by atoms with Gasteiger partial charge in [0.15, 0.2) is 0 Å². The summed E-state index contributed by atoms with van der Waals surface area (Å²) in [5, 5.41) is 10.3. The molecule has 0 aromatic carbocycles. The van der Waals surface area contributed by atoms with E-state index in [0.717, 1.165) is 29.0 Å². The average Bonchev–Trinajstić information content (AvgIpc) is 2.34. The topological polar surface area (TPSA) is 40.7 Å². The summed E-state index contributed by atoms with van der Waals surface area (Å²) in [5.41, 5.74) is 3.43. The van der Waals surface area contributed by atoms with Gasteiger partial charge in [-0.15, -0.1) is 0 Å². The summed E-state index contributed by atoms with van der Waals surface area (Å²) in [6.45, 7) is 9.39. The lowest BCUT2D eigenvalue weighted by atomic mass is 10.2. The molecule has 1 aromatic rings. The molecule has 1 aromatic heterocycles. The highest BCUT2D eigenvalue weighted by Crippen LogP contribution is 2.08. The van der Waals surface area contributed by atoms with E-state index in [1.54, 1.807) is 0 Å². The molecule has 0 atom stereocenters. The van der Waals surface area contributed by atoms with Gasteiger partial charge < -0.3 is 5.32 Å². The van der Waals surface area contributed by atoms with E-state index in [4.69, 9.17) is 0 Å². The summed E-state index contributed by atoms with van der Waals surface area (Å²) in [6, 6.07) is 0. The standard InChI is InChI=1S/C9H14BrN3/c1-6(10)4-11-5-9-7(2)12-13-8(9)3/h11H,1,4-5H2,2-3H3,(H,12,13). The number of aryl methyl sites for hydroxylation is 2. The van der Waals surface area contributed by atoms with Crippen molar-refractivity contribution in [1.82, 2.24) is 15.5 Å². The predicted octanol–water partition coefficient (Wildman–Crippen LogP) is 2.02. The molecule has 3 nitrogen and oxygen atoms in total. The van der Waals surface area contributed by atoms with E-state index in [0.29, 0.717) is 0 Å². The molecule has 0 spiro atoms. The first-order valence-electron chi connectivity index (χ1n) is 4.15. The smallest absolute Gasteiger partial charge is 0.0638 e. The Hall–Kier alpha value is -0.610. The van der Waals surface area contributed by atoms with Crippen LogP contribution in [-0.4, -0.2) is 16.7 Å². The molecule has 0 aliphatic heterocycles. The summed E-state index contributed by atoms with van der Waals surface area (Å²) in [7, 11) is 0. The quantitative estimate of drug-likeness (QED) is 0.850. The number of nitrogens with zero attached hydrogens (tertiary/aromatic N) is 1. The minimum Gasteiger partial charge on any atom is -0.308 e. The van der Waals surface area contributed by atoms with Crippen LogP contribution in [0.15, 0.2) is 11.1 Å². The van der Waals surface area contributed by atoms with Gasteiger partial charge in [0, 0.05) is 28.8 Å². The fourth-order valence-corrected chi connectivity index (χ4v) is 1.36. The molecule has 0 saturated carbocycles. The Kier molecular flexibility index (Phi) is 3.69. The Morgan fingerprint density at radius 2 is 2.31 bits per heavy atom. The van der Waals surface area contributed by atoms with Crippen LogP contribution in [0.3, 0.4) is 0 Å². The number of aromatic nitrogens is 2. The molecular weight excluding hydrogens is 230 g/mol. The van der Waals surface area contributed by atoms with Crippen molar-refractivity contribution in [3.8, 4) is 0 Å². The molecule has 0 aliphatic carbocycles. The van der Waals surface area contributed by atoms with Crippen LogP contribution in [-0.2, 0) is 6.54 Å². The summed E-state index contributed by atoms with van der Waals surface area (Å²) >= 11 is 3.30. The van der Waals surface area contributed by atoms with E-state index >= 15 is 0 Å². The van der Waals surface area contributed by atoms with Crippen molar-refractivity contribution in [2.45, 2.75) is 20.4 Å². The number of aromatic amines is 1. The summed E-state index contributed by atoms with van der Waals surface area (Å²) in [5.74, 6) is 0. The van der Waals surface area contributed by atoms with Gasteiger partial charge in [0.1, 0.15) is 0 Å². The molecule has 0 unspecified atom stereocenters. The molecule has 0 amide bonds. The highest BCUT2D eigenvalue weighted by atomic mass is 79.9. The number of hydrogen-bond donors (Lipinski definition) is 2. The molecular formula is C9H14BrN3. The molecule has 0 fully saturated rings. The molecule has 4 heteroatoms. The van der Waals surface area contributed by atoms with Crippen LogP contribution in [0.5, 0.6) is 0 Å². The first-order valence-corrected chi connectivity index (χ1v) is 4.95. The zero-order valence-electron chi connectivity index (χ0n) is 7.95. The Balaban J connectivity index is 2.49. The van der Waals surface area contributed by atoms with E-state index in [9.17, 15) is 0 Å². The fourth-order valence-electron chi connectivity index (χ4n) is 1.16. The third-order valence-electron chi connectivity index (χ3n) is 1.90. The number of H-pyrrole nitrogens is 1. The first kappa shape index (κ1) is 10.5. The van der Waals surface area contributed by atoms with Crippen LogP contribution in [0.25, 0.3) is 0 Å². The highest BCUT2D eigenvalue weighted by molar-refractivity contribution is 9.11. The van der Waals surface area contributed by atoms with Crippen LogP contribution in [0.2, 0.25) is 0 Å². The van der Waals surface area contributed by atoms with E-state index in [1.165, 1.54) is 5.56 Å². The fraction of sp³-hybridized carbons (Fsp3) is 0.444. The van der Waals surface area contributed by atoms with Crippen molar-refractivity contribution in [3.63, 3.8) is 0 Å². The maximum absolute atomic E-state index is 4.11. The van der Waals surface area contributed by atoms with E-state index < -0.39 is 0 Å². The molecule has 72 valence electrons. The van der Waals surface area contributed by atoms with Gasteiger partial charge in [-0.3, -0.25) is 5.10 Å². The number of nitrogens with one attached hydrogen (secondary N) is 2. The van der Waals surface area contributed by atoms with Crippen LogP contribution in [0.1, 0.15) is 17.0 Å². The van der Waals surface area contributed by atoms with Crippen LogP contribution in [0.4, 0.5) is 0 Å². The van der Waals surface area contributed by atoms with E-state index in [1.807, 2.05) is 13.8 Å². The van der Waals surface area contributed by atoms with Gasteiger partial charge in [0.05, 0.1) is 5.69 Å². The van der Waals surface area contributed by atoms with Gasteiger partial charge in [0.2, 0.25) is 0 Å². The lowest BCUT2D eigenvalue weighted by Gasteiger charge is -2.03. The first-order chi connectivity index (χ1) is 6.11. The van der Waals surface area contributed by atoms with Crippen molar-refractivity contribution in [1.29, 1.82) is 0 Å². The monoisotopic (exact) mass is 243 g/mol. The molecule has 1 rings (SSSR count). The lowest BCUT2D eigenvalue weighted by Crippen LogP contribution is -2.15. The minimum atomic E-state index is 0.782. The molecule has 13 heavy (non-hydrogen) atoms. The summed E-state index contributed by atoms with van der Waals surface area (Å²) < 4.78 is 0.964. The second-order valence-corrected chi connectivity index (χ2v) is 4.15. The van der Waals surface area contributed by atoms with Gasteiger partial charge in [0.25, 0.3) is 0 Å². The van der Waals surface area contributed by atoms with Crippen molar-refractivity contribution < 1.29 is 0 Å². The van der Waals surface area contributed by atoms with Crippen LogP contribution < -0.4 is 5.32 Å². The Morgan fingerprint density at radius 1 is 1.62 bits per heavy atom. The lowest BCUT2D eigenvalue weighted by molar-refractivity contribution is 0.749. The van der Waals surface area contributed by atoms with Crippen molar-refractivity contribution in [2.24, 2.45) is 0 Å². The number of rotatable bonds is 4. The van der Waals surface area contributed by atoms with Crippen LogP contribution in [0, 0.1) is 13.8 Å². The summed E-state index contributed by atoms with van der Waals surface area (Å²) in [4.78, 5) is 0. The van der Waals surface area contributed by atoms with Gasteiger partial charge in [-0.2, -0.15) is 5.10 Å². The predicted molar refractivity (Wildman–Crippen MR) is 57.8 cm³/mol. The molecule has 0 radical (unpaired) electrons. The Labute approximate surface area is 86.7 Å². The van der Waals surface area contributed by atoms with Gasteiger partial charge >= 0.3 is 0 Å². The molecule has 0 saturated heterocycles. The van der Waals surface area contributed by atoms with Crippen molar-refractivity contribution in [3.05, 3.63) is 28.0 Å². The Morgan fingerprint density at radius 3 is 2.77 bits per heavy atom. The summed E-state index contributed by atoms with van der Waals surface area (Å²) in [6.07, 6.45) is 0. The third-order valence-corrected chi connectivity index (χ3v) is 2.18. The highest BCUT2D eigenvalue weighted by Gasteiger charge is 2.04. The van der Waals surface area contributed by atoms with Gasteiger partial charge in [-0.1, -0.05) is 22.5 Å². The SMILES string of the molecule is C=C(Br)CNCc1c(C)n[nH]c1C. The minimum absolute atomic E-state index is 0.782. The Bertz CT molecular complexity index is 284. The number of halogens is 1. The van der Waals surface area contributed by atoms with Gasteiger partial charge in [-0.05, 0) is 13.8 Å². The average molecular weight is 244 g/mol. The van der Waals surface area contributed by atoms with Crippen molar-refractivity contribution >= 4 is 15.9 Å². The second-order valence-electron chi connectivity index (χ2n) is 3.03. The normalized spacial score (nSPS) is 10.4. The maximum Gasteiger partial charge on any atom is 0.0638 e. The molecule has 0 aliphatic rings. The zero-order valence-corrected chi connectivity index (χ0v) is 9.53. The van der Waals surface area contributed by atoms with Crippen LogP contribution >= 0.6 is 15.9 Å².